The van der Waals surface area contributed by atoms with Gasteiger partial charge in [-0.05, 0) is 36.8 Å². The smallest absolute Gasteiger partial charge is 0.122 e. The van der Waals surface area contributed by atoms with E-state index in [4.69, 9.17) is 11.1 Å². The van der Waals surface area contributed by atoms with Gasteiger partial charge in [-0.25, -0.2) is 4.68 Å². The summed E-state index contributed by atoms with van der Waals surface area (Å²) >= 11 is 0. The number of nitrogens with two attached hydrogens (primary N) is 1. The van der Waals surface area contributed by atoms with Crippen LogP contribution in [0.1, 0.15) is 11.1 Å². The monoisotopic (exact) mass is 200 g/mol. The molecule has 2 rings (SSSR count). The third-order valence-corrected chi connectivity index (χ3v) is 2.26. The van der Waals surface area contributed by atoms with E-state index in [-0.39, 0.29) is 5.84 Å². The first kappa shape index (κ1) is 9.45. The zero-order valence-corrected chi connectivity index (χ0v) is 8.44. The molecule has 0 bridgehead atoms. The van der Waals surface area contributed by atoms with Crippen LogP contribution in [0.3, 0.4) is 0 Å². The molecule has 0 saturated heterocycles. The van der Waals surface area contributed by atoms with Crippen molar-refractivity contribution in [2.75, 3.05) is 0 Å². The highest BCUT2D eigenvalue weighted by molar-refractivity contribution is 5.95. The minimum Gasteiger partial charge on any atom is -0.384 e. The molecule has 1 heterocycles. The second-order valence-electron chi connectivity index (χ2n) is 3.37. The van der Waals surface area contributed by atoms with Crippen LogP contribution in [0, 0.1) is 12.3 Å². The molecule has 76 valence electrons. The summed E-state index contributed by atoms with van der Waals surface area (Å²) in [5.41, 5.74) is 8.20. The molecule has 4 nitrogen and oxygen atoms in total. The standard InChI is InChI=1S/C11H12N4/c1-8-7-9(11(12)13)3-4-10(8)15-6-2-5-14-15/h2-7H,1H3,(H3,12,13). The van der Waals surface area contributed by atoms with Crippen LogP contribution in [0.15, 0.2) is 36.7 Å². The number of benzene rings is 1. The molecule has 15 heavy (non-hydrogen) atoms. The molecule has 3 N–H and O–H groups in total. The maximum absolute atomic E-state index is 7.33. The van der Waals surface area contributed by atoms with Crippen LogP contribution in [-0.4, -0.2) is 15.6 Å². The van der Waals surface area contributed by atoms with Crippen molar-refractivity contribution in [1.29, 1.82) is 5.41 Å². The van der Waals surface area contributed by atoms with E-state index in [9.17, 15) is 0 Å². The number of aryl methyl sites for hydroxylation is 1. The normalized spacial score (nSPS) is 10.2. The number of nitrogens with one attached hydrogen (secondary N) is 1. The van der Waals surface area contributed by atoms with Crippen molar-refractivity contribution in [1.82, 2.24) is 9.78 Å². The van der Waals surface area contributed by atoms with Crippen LogP contribution < -0.4 is 5.73 Å². The first-order chi connectivity index (χ1) is 7.18. The molecule has 0 aliphatic carbocycles. The van der Waals surface area contributed by atoms with Crippen LogP contribution in [0.4, 0.5) is 0 Å². The molecular weight excluding hydrogens is 188 g/mol. The SMILES string of the molecule is Cc1cc(C(=N)N)ccc1-n1cccn1. The fourth-order valence-corrected chi connectivity index (χ4v) is 1.49. The fraction of sp³-hybridized carbons (Fsp3) is 0.0909. The zero-order valence-electron chi connectivity index (χ0n) is 8.44. The predicted molar refractivity (Wildman–Crippen MR) is 59.3 cm³/mol. The van der Waals surface area contributed by atoms with Gasteiger partial charge in [0, 0.05) is 18.0 Å². The lowest BCUT2D eigenvalue weighted by Crippen LogP contribution is -2.11. The maximum Gasteiger partial charge on any atom is 0.122 e. The number of nitrogen functional groups attached to an aromatic ring is 1. The molecule has 2 aromatic rings. The quantitative estimate of drug-likeness (QED) is 0.569. The number of amidine groups is 1. The summed E-state index contributed by atoms with van der Waals surface area (Å²) in [5, 5.41) is 11.5. The Bertz CT molecular complexity index is 485. The summed E-state index contributed by atoms with van der Waals surface area (Å²) in [7, 11) is 0. The third kappa shape index (κ3) is 1.74. The third-order valence-electron chi connectivity index (χ3n) is 2.26. The maximum atomic E-state index is 7.33. The van der Waals surface area contributed by atoms with Gasteiger partial charge in [-0.2, -0.15) is 5.10 Å². The number of hydrogen-bond acceptors (Lipinski definition) is 2. The van der Waals surface area contributed by atoms with Crippen LogP contribution in [0.2, 0.25) is 0 Å². The lowest BCUT2D eigenvalue weighted by molar-refractivity contribution is 0.872. The molecule has 0 fully saturated rings. The summed E-state index contributed by atoms with van der Waals surface area (Å²) in [6, 6.07) is 7.50. The van der Waals surface area contributed by atoms with Gasteiger partial charge in [0.15, 0.2) is 0 Å². The molecule has 0 amide bonds. The van der Waals surface area contributed by atoms with E-state index in [2.05, 4.69) is 5.10 Å². The molecule has 0 saturated carbocycles. The Hall–Kier alpha value is -2.10. The predicted octanol–water partition coefficient (Wildman–Crippen LogP) is 1.46. The highest BCUT2D eigenvalue weighted by Crippen LogP contribution is 2.14. The van der Waals surface area contributed by atoms with Gasteiger partial charge in [-0.1, -0.05) is 0 Å². The zero-order chi connectivity index (χ0) is 10.8. The summed E-state index contributed by atoms with van der Waals surface area (Å²) < 4.78 is 1.79. The summed E-state index contributed by atoms with van der Waals surface area (Å²) in [5.74, 6) is 0.0881. The summed E-state index contributed by atoms with van der Waals surface area (Å²) in [4.78, 5) is 0. The largest absolute Gasteiger partial charge is 0.384 e. The Kier molecular flexibility index (Phi) is 2.25. The summed E-state index contributed by atoms with van der Waals surface area (Å²) in [6.07, 6.45) is 3.62. The average Bonchev–Trinajstić information content (AvgIpc) is 2.70. The first-order valence-electron chi connectivity index (χ1n) is 4.63. The second-order valence-corrected chi connectivity index (χ2v) is 3.37. The van der Waals surface area contributed by atoms with Gasteiger partial charge in [0.05, 0.1) is 5.69 Å². The van der Waals surface area contributed by atoms with Gasteiger partial charge >= 0.3 is 0 Å². The molecule has 0 aliphatic rings. The van der Waals surface area contributed by atoms with Gasteiger partial charge in [0.2, 0.25) is 0 Å². The van der Waals surface area contributed by atoms with Crippen LogP contribution >= 0.6 is 0 Å². The Morgan fingerprint density at radius 3 is 2.80 bits per heavy atom. The van der Waals surface area contributed by atoms with E-state index in [0.717, 1.165) is 16.8 Å². The van der Waals surface area contributed by atoms with Crippen molar-refractivity contribution in [3.05, 3.63) is 47.8 Å². The van der Waals surface area contributed by atoms with Crippen molar-refractivity contribution in [2.45, 2.75) is 6.92 Å². The molecular formula is C11H12N4. The van der Waals surface area contributed by atoms with E-state index in [1.807, 2.05) is 37.4 Å². The van der Waals surface area contributed by atoms with E-state index >= 15 is 0 Å². The lowest BCUT2D eigenvalue weighted by atomic mass is 10.1. The van der Waals surface area contributed by atoms with Crippen molar-refractivity contribution in [3.63, 3.8) is 0 Å². The highest BCUT2D eigenvalue weighted by atomic mass is 15.3. The Morgan fingerprint density at radius 1 is 1.47 bits per heavy atom. The van der Waals surface area contributed by atoms with Crippen LogP contribution in [0.25, 0.3) is 5.69 Å². The molecule has 4 heteroatoms. The van der Waals surface area contributed by atoms with E-state index in [1.54, 1.807) is 10.9 Å². The number of nitrogens with zero attached hydrogens (tertiary/aromatic N) is 2. The van der Waals surface area contributed by atoms with Gasteiger partial charge in [-0.15, -0.1) is 0 Å². The number of hydrogen-bond donors (Lipinski definition) is 2. The lowest BCUT2D eigenvalue weighted by Gasteiger charge is -2.07. The minimum atomic E-state index is 0.0881. The molecule has 0 radical (unpaired) electrons. The highest BCUT2D eigenvalue weighted by Gasteiger charge is 2.03. The number of aromatic nitrogens is 2. The van der Waals surface area contributed by atoms with Gasteiger partial charge in [0.25, 0.3) is 0 Å². The molecule has 0 aliphatic heterocycles. The molecule has 1 aromatic heterocycles. The van der Waals surface area contributed by atoms with Crippen LogP contribution in [-0.2, 0) is 0 Å². The average molecular weight is 200 g/mol. The van der Waals surface area contributed by atoms with Crippen LogP contribution in [0.5, 0.6) is 0 Å². The van der Waals surface area contributed by atoms with Crippen molar-refractivity contribution < 1.29 is 0 Å². The first-order valence-corrected chi connectivity index (χ1v) is 4.63. The van der Waals surface area contributed by atoms with E-state index in [0.29, 0.717) is 0 Å². The number of rotatable bonds is 2. The Balaban J connectivity index is 2.48. The van der Waals surface area contributed by atoms with E-state index in [1.165, 1.54) is 0 Å². The topological polar surface area (TPSA) is 67.7 Å². The minimum absolute atomic E-state index is 0.0881. The second kappa shape index (κ2) is 3.57. The van der Waals surface area contributed by atoms with Gasteiger partial charge in [0.1, 0.15) is 5.84 Å². The molecule has 0 spiro atoms. The van der Waals surface area contributed by atoms with Gasteiger partial charge in [-0.3, -0.25) is 5.41 Å². The van der Waals surface area contributed by atoms with Crippen molar-refractivity contribution in [3.8, 4) is 5.69 Å². The fourth-order valence-electron chi connectivity index (χ4n) is 1.49. The van der Waals surface area contributed by atoms with E-state index < -0.39 is 0 Å². The Labute approximate surface area is 87.9 Å². The molecule has 0 atom stereocenters. The molecule has 0 unspecified atom stereocenters. The van der Waals surface area contributed by atoms with Crippen molar-refractivity contribution >= 4 is 5.84 Å². The summed E-state index contributed by atoms with van der Waals surface area (Å²) in [6.45, 7) is 1.98. The Morgan fingerprint density at radius 2 is 2.27 bits per heavy atom. The van der Waals surface area contributed by atoms with Crippen molar-refractivity contribution in [2.24, 2.45) is 5.73 Å². The van der Waals surface area contributed by atoms with Gasteiger partial charge < -0.3 is 5.73 Å². The molecule has 1 aromatic carbocycles.